The van der Waals surface area contributed by atoms with Crippen molar-refractivity contribution in [1.29, 1.82) is 0 Å². The van der Waals surface area contributed by atoms with Crippen LogP contribution in [0.5, 0.6) is 0 Å². The van der Waals surface area contributed by atoms with Crippen molar-refractivity contribution >= 4 is 28.9 Å². The van der Waals surface area contributed by atoms with E-state index in [-0.39, 0.29) is 12.5 Å². The number of piperidine rings is 1. The minimum absolute atomic E-state index is 0.0680. The molecule has 0 aromatic heterocycles. The van der Waals surface area contributed by atoms with Crippen molar-refractivity contribution in [2.45, 2.75) is 31.7 Å². The van der Waals surface area contributed by atoms with Gasteiger partial charge < -0.3 is 16.2 Å². The Balaban J connectivity index is 1.92. The molecule has 1 aromatic carbocycles. The molecule has 0 spiro atoms. The average Bonchev–Trinajstić information content (AvgIpc) is 2.45. The van der Waals surface area contributed by atoms with E-state index in [2.05, 4.69) is 10.2 Å². The van der Waals surface area contributed by atoms with Crippen molar-refractivity contribution in [3.63, 3.8) is 0 Å². The number of carbonyl (C=O) groups excluding carboxylic acids is 1. The molecule has 0 saturated carbocycles. The van der Waals surface area contributed by atoms with Gasteiger partial charge in [-0.2, -0.15) is 0 Å². The first-order valence-electron chi connectivity index (χ1n) is 7.30. The van der Waals surface area contributed by atoms with Crippen LogP contribution >= 0.6 is 11.6 Å². The van der Waals surface area contributed by atoms with E-state index in [1.165, 1.54) is 0 Å². The van der Waals surface area contributed by atoms with Crippen molar-refractivity contribution in [1.82, 2.24) is 4.90 Å². The zero-order valence-corrected chi connectivity index (χ0v) is 12.8. The first-order chi connectivity index (χ1) is 10.1. The number of carbonyl (C=O) groups is 1. The molecule has 1 heterocycles. The highest BCUT2D eigenvalue weighted by Crippen LogP contribution is 2.23. The van der Waals surface area contributed by atoms with Crippen LogP contribution in [0.15, 0.2) is 18.2 Å². The lowest BCUT2D eigenvalue weighted by Crippen LogP contribution is -2.44. The molecule has 1 fully saturated rings. The summed E-state index contributed by atoms with van der Waals surface area (Å²) >= 11 is 5.86. The largest absolute Gasteiger partial charge is 0.397 e. The number of nitrogens with two attached hydrogens (primary N) is 1. The Hall–Kier alpha value is -1.30. The summed E-state index contributed by atoms with van der Waals surface area (Å²) in [4.78, 5) is 14.3. The summed E-state index contributed by atoms with van der Waals surface area (Å²) in [7, 11) is 0. The van der Waals surface area contributed by atoms with Crippen molar-refractivity contribution in [2.75, 3.05) is 30.7 Å². The number of rotatable bonds is 5. The predicted octanol–water partition coefficient (Wildman–Crippen LogP) is 2.10. The van der Waals surface area contributed by atoms with Gasteiger partial charge >= 0.3 is 0 Å². The number of aliphatic hydroxyl groups is 1. The smallest absolute Gasteiger partial charge is 0.238 e. The number of hydrogen-bond donors (Lipinski definition) is 3. The van der Waals surface area contributed by atoms with Crippen LogP contribution in [-0.2, 0) is 4.79 Å². The second-order valence-electron chi connectivity index (χ2n) is 5.42. The van der Waals surface area contributed by atoms with Crippen molar-refractivity contribution in [3.8, 4) is 0 Å². The number of amides is 1. The highest BCUT2D eigenvalue weighted by atomic mass is 35.5. The van der Waals surface area contributed by atoms with Crippen molar-refractivity contribution < 1.29 is 9.90 Å². The number of aliphatic hydroxyl groups excluding tert-OH is 1. The molecule has 1 unspecified atom stereocenters. The molecule has 6 heteroatoms. The van der Waals surface area contributed by atoms with E-state index in [4.69, 9.17) is 22.4 Å². The molecule has 1 aliphatic heterocycles. The Labute approximate surface area is 130 Å². The minimum Gasteiger partial charge on any atom is -0.397 e. The zero-order chi connectivity index (χ0) is 15.2. The third-order valence-electron chi connectivity index (χ3n) is 3.84. The number of benzene rings is 1. The van der Waals surface area contributed by atoms with Crippen LogP contribution < -0.4 is 11.1 Å². The highest BCUT2D eigenvalue weighted by molar-refractivity contribution is 6.33. The second kappa shape index (κ2) is 7.64. The summed E-state index contributed by atoms with van der Waals surface area (Å²) in [6.45, 7) is 1.41. The quantitative estimate of drug-likeness (QED) is 0.728. The SMILES string of the molecule is Nc1cc(NC(=O)CN2CCCCC2CCO)ccc1Cl. The van der Waals surface area contributed by atoms with Gasteiger partial charge in [-0.1, -0.05) is 18.0 Å². The van der Waals surface area contributed by atoms with Crippen LogP contribution in [0.2, 0.25) is 5.02 Å². The molecule has 2 rings (SSSR count). The molecular weight excluding hydrogens is 290 g/mol. The molecule has 1 atom stereocenters. The number of likely N-dealkylation sites (tertiary alicyclic amines) is 1. The van der Waals surface area contributed by atoms with Gasteiger partial charge in [-0.15, -0.1) is 0 Å². The van der Waals surface area contributed by atoms with Crippen molar-refractivity contribution in [2.24, 2.45) is 0 Å². The fourth-order valence-electron chi connectivity index (χ4n) is 2.75. The molecular formula is C15H22ClN3O2. The molecule has 0 radical (unpaired) electrons. The van der Waals surface area contributed by atoms with Crippen LogP contribution in [0.3, 0.4) is 0 Å². The van der Waals surface area contributed by atoms with Gasteiger partial charge in [-0.25, -0.2) is 0 Å². The Morgan fingerprint density at radius 1 is 1.48 bits per heavy atom. The van der Waals surface area contributed by atoms with Crippen LogP contribution in [0.25, 0.3) is 0 Å². The maximum absolute atomic E-state index is 12.1. The topological polar surface area (TPSA) is 78.6 Å². The standard InChI is InChI=1S/C15H22ClN3O2/c16-13-5-4-11(9-14(13)17)18-15(21)10-19-7-2-1-3-12(19)6-8-20/h4-5,9,12,20H,1-3,6-8,10,17H2,(H,18,21). The zero-order valence-electron chi connectivity index (χ0n) is 12.0. The minimum atomic E-state index is -0.0680. The molecule has 1 aromatic rings. The second-order valence-corrected chi connectivity index (χ2v) is 5.82. The third-order valence-corrected chi connectivity index (χ3v) is 4.18. The third kappa shape index (κ3) is 4.59. The molecule has 21 heavy (non-hydrogen) atoms. The lowest BCUT2D eigenvalue weighted by atomic mass is 10.00. The molecule has 0 bridgehead atoms. The summed E-state index contributed by atoms with van der Waals surface area (Å²) in [6.07, 6.45) is 4.03. The van der Waals surface area contributed by atoms with Gasteiger partial charge in [0, 0.05) is 18.3 Å². The van der Waals surface area contributed by atoms with Gasteiger partial charge in [0.1, 0.15) is 0 Å². The molecule has 1 saturated heterocycles. The van der Waals surface area contributed by atoms with Gasteiger partial charge in [0.2, 0.25) is 5.91 Å². The summed E-state index contributed by atoms with van der Waals surface area (Å²) in [5, 5.41) is 12.4. The average molecular weight is 312 g/mol. The van der Waals surface area contributed by atoms with E-state index in [0.717, 1.165) is 32.2 Å². The van der Waals surface area contributed by atoms with Crippen LogP contribution in [0.1, 0.15) is 25.7 Å². The van der Waals surface area contributed by atoms with E-state index in [0.29, 0.717) is 29.0 Å². The van der Waals surface area contributed by atoms with Crippen LogP contribution in [0.4, 0.5) is 11.4 Å². The lowest BCUT2D eigenvalue weighted by molar-refractivity contribution is -0.118. The Morgan fingerprint density at radius 3 is 3.00 bits per heavy atom. The van der Waals surface area contributed by atoms with E-state index < -0.39 is 0 Å². The van der Waals surface area contributed by atoms with E-state index in [1.807, 2.05) is 0 Å². The van der Waals surface area contributed by atoms with Crippen molar-refractivity contribution in [3.05, 3.63) is 23.2 Å². The number of halogens is 1. The first-order valence-corrected chi connectivity index (χ1v) is 7.67. The number of nitrogens with zero attached hydrogens (tertiary/aromatic N) is 1. The summed E-state index contributed by atoms with van der Waals surface area (Å²) < 4.78 is 0. The molecule has 0 aliphatic carbocycles. The van der Waals surface area contributed by atoms with Crippen LogP contribution in [-0.4, -0.2) is 41.7 Å². The Kier molecular flexibility index (Phi) is 5.85. The molecule has 1 amide bonds. The fraction of sp³-hybridized carbons (Fsp3) is 0.533. The van der Waals surface area contributed by atoms with E-state index in [9.17, 15) is 4.79 Å². The summed E-state index contributed by atoms with van der Waals surface area (Å²) in [6, 6.07) is 5.35. The van der Waals surface area contributed by atoms with Crippen LogP contribution in [0, 0.1) is 0 Å². The monoisotopic (exact) mass is 311 g/mol. The van der Waals surface area contributed by atoms with Gasteiger partial charge in [-0.05, 0) is 44.0 Å². The number of hydrogen-bond acceptors (Lipinski definition) is 4. The highest BCUT2D eigenvalue weighted by Gasteiger charge is 2.23. The number of nitrogens with one attached hydrogen (secondary N) is 1. The fourth-order valence-corrected chi connectivity index (χ4v) is 2.87. The Morgan fingerprint density at radius 2 is 2.29 bits per heavy atom. The normalized spacial score (nSPS) is 19.4. The number of nitrogen functional groups attached to an aromatic ring is 1. The van der Waals surface area contributed by atoms with Gasteiger partial charge in [0.15, 0.2) is 0 Å². The lowest BCUT2D eigenvalue weighted by Gasteiger charge is -2.34. The predicted molar refractivity (Wildman–Crippen MR) is 85.4 cm³/mol. The van der Waals surface area contributed by atoms with E-state index >= 15 is 0 Å². The molecule has 5 nitrogen and oxygen atoms in total. The molecule has 116 valence electrons. The first kappa shape index (κ1) is 16.1. The molecule has 1 aliphatic rings. The summed E-state index contributed by atoms with van der Waals surface area (Å²) in [5.74, 6) is -0.0680. The van der Waals surface area contributed by atoms with E-state index in [1.54, 1.807) is 18.2 Å². The number of anilines is 2. The maximum atomic E-state index is 12.1. The maximum Gasteiger partial charge on any atom is 0.238 e. The van der Waals surface area contributed by atoms with Gasteiger partial charge in [0.25, 0.3) is 0 Å². The summed E-state index contributed by atoms with van der Waals surface area (Å²) in [5.41, 5.74) is 6.82. The van der Waals surface area contributed by atoms with Gasteiger partial charge in [-0.3, -0.25) is 9.69 Å². The Bertz CT molecular complexity index is 494. The van der Waals surface area contributed by atoms with Gasteiger partial charge in [0.05, 0.1) is 17.3 Å². The molecule has 4 N–H and O–H groups in total.